The fourth-order valence-corrected chi connectivity index (χ4v) is 9.48. The predicted molar refractivity (Wildman–Crippen MR) is 283 cm³/mol. The quantitative estimate of drug-likeness (QED) is 0.0188. The first-order chi connectivity index (χ1) is 35.5. The van der Waals surface area contributed by atoms with Gasteiger partial charge in [0.2, 0.25) is 11.6 Å². The van der Waals surface area contributed by atoms with Gasteiger partial charge in [-0.05, 0) is 108 Å². The summed E-state index contributed by atoms with van der Waals surface area (Å²) in [5.41, 5.74) is 2.96. The van der Waals surface area contributed by atoms with Crippen molar-refractivity contribution in [3.8, 4) is 11.5 Å². The van der Waals surface area contributed by atoms with Crippen LogP contribution in [0.2, 0.25) is 0 Å². The fourth-order valence-electron chi connectivity index (χ4n) is 6.99. The molecule has 0 aliphatic heterocycles. The van der Waals surface area contributed by atoms with Crippen LogP contribution in [0, 0.1) is 20.2 Å². The summed E-state index contributed by atoms with van der Waals surface area (Å²) in [5, 5.41) is 54.6. The molecule has 0 fully saturated rings. The van der Waals surface area contributed by atoms with Gasteiger partial charge >= 0.3 is 25.2 Å². The largest absolute Gasteiger partial charge is 1.00 e. The van der Waals surface area contributed by atoms with Crippen molar-refractivity contribution in [2.24, 2.45) is 10.2 Å². The number of Topliss-reactive ketones (excluding diaryl/α,β-unsaturated/α-hetero) is 2. The maximum atomic E-state index is 13.1. The van der Waals surface area contributed by atoms with Gasteiger partial charge in [-0.15, -0.1) is 0 Å². The Morgan fingerprint density at radius 3 is 1.19 bits per heavy atom. The number of phenols is 2. The fraction of sp³-hybridized carbons (Fsp3) is 0. The van der Waals surface area contributed by atoms with Crippen LogP contribution in [0.1, 0.15) is 41.8 Å². The van der Waals surface area contributed by atoms with E-state index in [1.165, 1.54) is 84.9 Å². The number of allylic oxidation sites excluding steroid dienone is 2. The number of non-ortho nitro benzene ring substituents is 2. The zero-order valence-electron chi connectivity index (χ0n) is 45.0. The number of ketones is 2. The third-order valence-corrected chi connectivity index (χ3v) is 14.2. The van der Waals surface area contributed by atoms with Crippen molar-refractivity contribution in [1.29, 1.82) is 0 Å². The molecule has 2 aliphatic rings. The van der Waals surface area contributed by atoms with E-state index in [2.05, 4.69) is 31.7 Å². The van der Waals surface area contributed by atoms with Gasteiger partial charge in [0.15, 0.2) is 11.4 Å². The maximum absolute atomic E-state index is 13.1. The Kier molecular flexibility index (Phi) is 16.9. The van der Waals surface area contributed by atoms with Crippen molar-refractivity contribution in [3.63, 3.8) is 0 Å². The van der Waals surface area contributed by atoms with E-state index in [0.717, 1.165) is 48.6 Å². The van der Waals surface area contributed by atoms with Crippen molar-refractivity contribution in [2.75, 3.05) is 21.5 Å². The molecule has 0 atom stereocenters. The Morgan fingerprint density at radius 1 is 0.519 bits per heavy atom. The second-order valence-electron chi connectivity index (χ2n) is 15.7. The molecular formula is C44H41CoN8O20P2S2+7. The summed E-state index contributed by atoms with van der Waals surface area (Å²) in [5.74, 6) is -2.77. The standard InChI is InChI=1S/2C22H17N4O10PS.Co/c2*27-19-7-5-15(26(29)30)11-18(19)24-25-21-20(38(34,35)36)9-12-8-14(4-6-17(12)22(21)28)23-13-2-1-3-16(10-13)37(31,32)33;/h2*1-11,23-24,27H,(H2,31,32,33)(H,34,35,36);/p+7. The Labute approximate surface area is 452 Å². The van der Waals surface area contributed by atoms with E-state index in [9.17, 15) is 94.7 Å². The number of hydrogen-bond donors (Lipinski definition) is 12. The van der Waals surface area contributed by atoms with Crippen LogP contribution in [-0.2, 0) is 46.1 Å². The van der Waals surface area contributed by atoms with Crippen molar-refractivity contribution in [2.45, 2.75) is 0 Å². The van der Waals surface area contributed by atoms with Gasteiger partial charge in [0.1, 0.15) is 32.7 Å². The summed E-state index contributed by atoms with van der Waals surface area (Å²) >= 11 is 0. The normalized spacial score (nSPS) is 14.4. The van der Waals surface area contributed by atoms with E-state index >= 15 is 0 Å². The van der Waals surface area contributed by atoms with Crippen molar-refractivity contribution in [1.82, 2.24) is 0 Å². The van der Waals surface area contributed by atoms with Gasteiger partial charge in [0, 0.05) is 74.9 Å². The van der Waals surface area contributed by atoms with Crippen LogP contribution in [0.25, 0.3) is 12.2 Å². The van der Waals surface area contributed by atoms with Crippen LogP contribution >= 0.6 is 15.2 Å². The van der Waals surface area contributed by atoms with Gasteiger partial charge in [0.05, 0.1) is 20.5 Å². The smallest absolute Gasteiger partial charge is 0.506 e. The number of fused-ring (bicyclic) bond motifs is 2. The maximum Gasteiger partial charge on any atom is 1.00 e. The first-order valence-corrected chi connectivity index (χ1v) is 26.8. The van der Waals surface area contributed by atoms with E-state index in [-0.39, 0.29) is 71.0 Å². The van der Waals surface area contributed by atoms with Crippen LogP contribution in [-0.4, -0.2) is 88.6 Å². The molecule has 0 heterocycles. The van der Waals surface area contributed by atoms with E-state index in [0.29, 0.717) is 22.7 Å². The molecule has 33 heteroatoms. The number of aromatic hydroxyl groups is 2. The summed E-state index contributed by atoms with van der Waals surface area (Å²) in [6.07, 6.45) is 1.97. The third kappa shape index (κ3) is 13.8. The number of rotatable bonds is 14. The number of nitro groups is 2. The number of nitrogens with one attached hydrogen (secondary N) is 4. The second kappa shape index (κ2) is 22.5. The first kappa shape index (κ1) is 58.0. The van der Waals surface area contributed by atoms with Gasteiger partial charge in [-0.1, -0.05) is 12.1 Å². The minimum atomic E-state index is -4.99. The minimum Gasteiger partial charge on any atom is -0.506 e. The van der Waals surface area contributed by atoms with E-state index in [1.807, 2.05) is 0 Å². The van der Waals surface area contributed by atoms with Gasteiger partial charge in [-0.2, -0.15) is 27.0 Å². The summed E-state index contributed by atoms with van der Waals surface area (Å²) in [6, 6.07) is 25.1. The monoisotopic (exact) mass is 1190 g/mol. The van der Waals surface area contributed by atoms with Gasteiger partial charge in [-0.25, -0.2) is 0 Å². The first-order valence-electron chi connectivity index (χ1n) is 20.7. The molecule has 28 nitrogen and oxygen atoms in total. The molecule has 1 radical (unpaired) electrons. The summed E-state index contributed by atoms with van der Waals surface area (Å²) in [4.78, 5) is 82.5. The van der Waals surface area contributed by atoms with Crippen molar-refractivity contribution in [3.05, 3.63) is 174 Å². The van der Waals surface area contributed by atoms with E-state index in [1.54, 1.807) is 0 Å². The number of benzene rings is 6. The molecule has 0 spiro atoms. The number of nitrogens with zero attached hydrogens (tertiary/aromatic N) is 4. The van der Waals surface area contributed by atoms with Crippen molar-refractivity contribution >= 4 is 127 Å². The second-order valence-corrected chi connectivity index (χ2v) is 21.7. The zero-order valence-corrected chi connectivity index (χ0v) is 42.5. The molecule has 0 aromatic heterocycles. The molecule has 6 aromatic carbocycles. The predicted octanol–water partition coefficient (Wildman–Crippen LogP) is 6.27. The van der Waals surface area contributed by atoms with Crippen LogP contribution in [0.3, 0.4) is 0 Å². The van der Waals surface area contributed by atoms with E-state index in [4.69, 9.17) is 0 Å². The summed E-state index contributed by atoms with van der Waals surface area (Å²) in [7, 11) is -19.0. The summed E-state index contributed by atoms with van der Waals surface area (Å²) in [6.45, 7) is 0. The molecule has 77 heavy (non-hydrogen) atoms. The Bertz CT molecular complexity index is 3720. The number of carbonyl (C=O) groups is 2. The molecule has 0 unspecified atom stereocenters. The number of anilines is 6. The Hall–Kier alpha value is -8.29. The Balaban J connectivity index is 0. The van der Waals surface area contributed by atoms with Crippen LogP contribution in [0.15, 0.2) is 141 Å². The Morgan fingerprint density at radius 2 is 0.870 bits per heavy atom. The van der Waals surface area contributed by atoms with E-state index < -0.39 is 101 Å². The average Bonchev–Trinajstić information content (AvgIpc) is 3.33. The molecular weight excluding hydrogens is 1150 g/mol. The molecule has 0 amide bonds. The molecule has 401 valence electrons. The third-order valence-electron chi connectivity index (χ3n) is 10.5. The molecule has 0 saturated carbocycles. The molecule has 0 saturated heterocycles. The van der Waals surface area contributed by atoms with Crippen LogP contribution in [0.5, 0.6) is 11.5 Å². The zero-order chi connectivity index (χ0) is 55.7. The number of hydrazone groups is 2. The SMILES string of the molecule is O=C1C(=NNc2cc([N+](=O)[O-])ccc2O)C(S(=O)(=O)O)=Cc2cc(Nc3cccc(P(=O)(O)O)c3)ccc21.O=C1C(=NNc2cc([N+](=O)[O-])ccc2O)C(S(=O)(=O)O)=Cc2cc(Nc3cccc(P(=O)(O)O)c3)ccc21.[Co].[H+].[H+].[H+].[H+].[H+].[H+].[H+]. The molecule has 2 aliphatic carbocycles. The van der Waals surface area contributed by atoms with Gasteiger partial charge < -0.3 is 40.4 Å². The molecule has 12 N–H and O–H groups in total. The average molecular weight is 1190 g/mol. The molecule has 0 bridgehead atoms. The minimum absolute atomic E-state index is 0. The number of carbonyl (C=O) groups excluding carboxylic acids is 2. The van der Waals surface area contributed by atoms with Crippen LogP contribution < -0.4 is 32.1 Å². The number of hydrogen-bond acceptors (Lipinski definition) is 20. The topological polar surface area (TPSA) is 458 Å². The number of phenolic OH excluding ortho intramolecular Hbond substituents is 2. The molecule has 8 rings (SSSR count). The number of nitro benzene ring substituents is 2. The van der Waals surface area contributed by atoms with Gasteiger partial charge in [0.25, 0.3) is 31.6 Å². The van der Waals surface area contributed by atoms with Crippen molar-refractivity contribution < 1.29 is 111 Å². The van der Waals surface area contributed by atoms with Gasteiger partial charge in [-0.3, -0.25) is 58.9 Å². The van der Waals surface area contributed by atoms with Crippen LogP contribution in [0.4, 0.5) is 45.5 Å². The summed E-state index contributed by atoms with van der Waals surface area (Å²) < 4.78 is 90.9. The molecule has 6 aromatic rings.